The normalized spacial score (nSPS) is 12.8. The van der Waals surface area contributed by atoms with E-state index in [0.717, 1.165) is 28.5 Å². The third-order valence-electron chi connectivity index (χ3n) is 6.38. The highest BCUT2D eigenvalue weighted by Gasteiger charge is 2.23. The maximum absolute atomic E-state index is 12.8. The van der Waals surface area contributed by atoms with Crippen LogP contribution in [0.25, 0.3) is 22.5 Å². The van der Waals surface area contributed by atoms with Gasteiger partial charge in [-0.1, -0.05) is 69.3 Å². The number of nitrogens with two attached hydrogens (primary N) is 1. The Morgan fingerprint density at radius 2 is 1.55 bits per heavy atom. The monoisotopic (exact) mass is 570 g/mol. The van der Waals surface area contributed by atoms with Gasteiger partial charge in [-0.05, 0) is 36.0 Å². The number of nitrogens with zero attached hydrogens (tertiary/aromatic N) is 3. The van der Waals surface area contributed by atoms with E-state index in [1.807, 2.05) is 26.0 Å². The van der Waals surface area contributed by atoms with E-state index in [0.29, 0.717) is 5.82 Å². The Morgan fingerprint density at radius 1 is 0.952 bits per heavy atom. The highest BCUT2D eigenvalue weighted by atomic mass is 16.4. The number of carbonyl (C=O) groups is 3. The Hall–Kier alpha value is -4.86. The number of aromatic nitrogens is 2. The summed E-state index contributed by atoms with van der Waals surface area (Å²) in [5.74, 6) is -1.89. The van der Waals surface area contributed by atoms with E-state index in [9.17, 15) is 14.4 Å². The Morgan fingerprint density at radius 3 is 2.07 bits per heavy atom. The van der Waals surface area contributed by atoms with Crippen LogP contribution in [0.1, 0.15) is 45.7 Å². The Labute approximate surface area is 246 Å². The van der Waals surface area contributed by atoms with Crippen LogP contribution in [-0.4, -0.2) is 57.7 Å². The van der Waals surface area contributed by atoms with Gasteiger partial charge in [0.15, 0.2) is 5.82 Å². The number of aliphatic carboxylic acids is 1. The van der Waals surface area contributed by atoms with Gasteiger partial charge in [-0.25, -0.2) is 9.97 Å². The lowest BCUT2D eigenvalue weighted by atomic mass is 9.86. The first-order valence-electron chi connectivity index (χ1n) is 13.6. The van der Waals surface area contributed by atoms with Crippen molar-refractivity contribution in [2.24, 2.45) is 10.7 Å². The predicted octanol–water partition coefficient (Wildman–Crippen LogP) is 3.66. The van der Waals surface area contributed by atoms with Gasteiger partial charge in [-0.3, -0.25) is 19.4 Å². The molecule has 0 saturated carbocycles. The van der Waals surface area contributed by atoms with Gasteiger partial charge in [-0.15, -0.1) is 0 Å². The molecule has 10 heteroatoms. The fourth-order valence-electron chi connectivity index (χ4n) is 3.96. The van der Waals surface area contributed by atoms with Crippen molar-refractivity contribution >= 4 is 24.0 Å². The highest BCUT2D eigenvalue weighted by Crippen LogP contribution is 2.26. The standard InChI is InChI=1S/C32H38N6O4/c1-20(2)34-16-24(15-33)30(41)38-27(31(42)37-19-28(39)40)14-21-6-8-23(9-7-21)29-35-17-25(18-36-29)22-10-12-26(13-11-22)32(3,4)5/h6-13,15-18,20,27H,14,19,33H2,1-5H3,(H,37,42)(H,38,41)(H,39,40)/b24-15+,34-16?. The van der Waals surface area contributed by atoms with Crippen LogP contribution in [0.4, 0.5) is 0 Å². The predicted molar refractivity (Wildman–Crippen MR) is 164 cm³/mol. The van der Waals surface area contributed by atoms with Crippen molar-refractivity contribution < 1.29 is 19.5 Å². The molecular weight excluding hydrogens is 532 g/mol. The van der Waals surface area contributed by atoms with Crippen molar-refractivity contribution in [2.75, 3.05) is 6.54 Å². The second-order valence-corrected chi connectivity index (χ2v) is 11.2. The van der Waals surface area contributed by atoms with Gasteiger partial charge in [0.1, 0.15) is 12.6 Å². The average molecular weight is 571 g/mol. The van der Waals surface area contributed by atoms with Crippen LogP contribution >= 0.6 is 0 Å². The summed E-state index contributed by atoms with van der Waals surface area (Å²) < 4.78 is 0. The van der Waals surface area contributed by atoms with Crippen molar-refractivity contribution in [1.29, 1.82) is 0 Å². The lowest BCUT2D eigenvalue weighted by Gasteiger charge is -2.19. The zero-order valence-electron chi connectivity index (χ0n) is 24.6. The molecular formula is C32H38N6O4. The molecule has 0 bridgehead atoms. The average Bonchev–Trinajstić information content (AvgIpc) is 2.96. The van der Waals surface area contributed by atoms with E-state index >= 15 is 0 Å². The number of carboxylic acid groups (broad SMARTS) is 1. The highest BCUT2D eigenvalue weighted by molar-refractivity contribution is 6.13. The number of nitrogens with one attached hydrogen (secondary N) is 2. The third-order valence-corrected chi connectivity index (χ3v) is 6.38. The Bertz CT molecular complexity index is 1440. The van der Waals surface area contributed by atoms with Gasteiger partial charge < -0.3 is 21.5 Å². The fraction of sp³-hybridized carbons (Fsp3) is 0.312. The topological polar surface area (TPSA) is 160 Å². The molecule has 2 aromatic carbocycles. The Balaban J connectivity index is 1.74. The number of carbonyl (C=O) groups excluding carboxylic acids is 2. The molecule has 0 aliphatic heterocycles. The lowest BCUT2D eigenvalue weighted by Crippen LogP contribution is -2.49. The largest absolute Gasteiger partial charge is 0.480 e. The SMILES string of the molecule is CC(C)N=C/C(=C\N)C(=O)NC(Cc1ccc(-c2ncc(-c3ccc(C(C)(C)C)cc3)cn2)cc1)C(=O)NCC(=O)O. The van der Waals surface area contributed by atoms with Crippen LogP contribution in [0.3, 0.4) is 0 Å². The molecule has 1 unspecified atom stereocenters. The molecule has 1 heterocycles. The summed E-state index contributed by atoms with van der Waals surface area (Å²) in [5, 5.41) is 13.9. The van der Waals surface area contributed by atoms with Crippen molar-refractivity contribution in [3.63, 3.8) is 0 Å². The van der Waals surface area contributed by atoms with Gasteiger partial charge in [0.2, 0.25) is 5.91 Å². The lowest BCUT2D eigenvalue weighted by molar-refractivity contribution is -0.138. The second kappa shape index (κ2) is 14.2. The minimum Gasteiger partial charge on any atom is -0.480 e. The van der Waals surface area contributed by atoms with Crippen molar-refractivity contribution in [3.05, 3.63) is 83.8 Å². The van der Waals surface area contributed by atoms with Crippen LogP contribution in [-0.2, 0) is 26.2 Å². The summed E-state index contributed by atoms with van der Waals surface area (Å²) in [6.07, 6.45) is 6.13. The van der Waals surface area contributed by atoms with E-state index in [-0.39, 0.29) is 23.5 Å². The molecule has 3 aromatic rings. The number of aliphatic imine (C=N–C) groups is 1. The molecule has 0 saturated heterocycles. The van der Waals surface area contributed by atoms with Gasteiger partial charge in [0, 0.05) is 48.4 Å². The molecule has 0 aliphatic rings. The van der Waals surface area contributed by atoms with Gasteiger partial charge in [-0.2, -0.15) is 0 Å². The van der Waals surface area contributed by atoms with Crippen molar-refractivity contribution in [3.8, 4) is 22.5 Å². The fourth-order valence-corrected chi connectivity index (χ4v) is 3.96. The first kappa shape index (κ1) is 31.7. The quantitative estimate of drug-likeness (QED) is 0.202. The summed E-state index contributed by atoms with van der Waals surface area (Å²) >= 11 is 0. The molecule has 0 aliphatic carbocycles. The van der Waals surface area contributed by atoms with Gasteiger partial charge in [0.25, 0.3) is 5.91 Å². The number of hydrogen-bond acceptors (Lipinski definition) is 7. The number of carboxylic acids is 1. The molecule has 2 amide bonds. The van der Waals surface area contributed by atoms with E-state index in [2.05, 4.69) is 70.6 Å². The van der Waals surface area contributed by atoms with Crippen LogP contribution in [0.15, 0.2) is 77.7 Å². The van der Waals surface area contributed by atoms with Crippen LogP contribution in [0.5, 0.6) is 0 Å². The summed E-state index contributed by atoms with van der Waals surface area (Å²) in [6, 6.07) is 14.5. The van der Waals surface area contributed by atoms with Gasteiger partial charge >= 0.3 is 5.97 Å². The molecule has 0 radical (unpaired) electrons. The summed E-state index contributed by atoms with van der Waals surface area (Å²) in [7, 11) is 0. The molecule has 10 nitrogen and oxygen atoms in total. The molecule has 220 valence electrons. The first-order chi connectivity index (χ1) is 19.9. The van der Waals surface area contributed by atoms with Gasteiger partial charge in [0.05, 0.1) is 5.57 Å². The summed E-state index contributed by atoms with van der Waals surface area (Å²) in [6.45, 7) is 9.64. The van der Waals surface area contributed by atoms with Crippen molar-refractivity contribution in [1.82, 2.24) is 20.6 Å². The van der Waals surface area contributed by atoms with E-state index < -0.39 is 30.4 Å². The van der Waals surface area contributed by atoms with Crippen LogP contribution in [0, 0.1) is 0 Å². The Kier molecular flexibility index (Phi) is 10.7. The molecule has 3 rings (SSSR count). The smallest absolute Gasteiger partial charge is 0.322 e. The molecule has 1 aromatic heterocycles. The van der Waals surface area contributed by atoms with Crippen LogP contribution < -0.4 is 16.4 Å². The number of rotatable bonds is 11. The third kappa shape index (κ3) is 9.09. The molecule has 42 heavy (non-hydrogen) atoms. The van der Waals surface area contributed by atoms with Crippen LogP contribution in [0.2, 0.25) is 0 Å². The van der Waals surface area contributed by atoms with E-state index in [4.69, 9.17) is 10.8 Å². The molecule has 1 atom stereocenters. The summed E-state index contributed by atoms with van der Waals surface area (Å²) in [4.78, 5) is 49.8. The van der Waals surface area contributed by atoms with E-state index in [1.165, 1.54) is 11.8 Å². The zero-order valence-corrected chi connectivity index (χ0v) is 24.6. The molecule has 0 spiro atoms. The minimum atomic E-state index is -1.20. The number of hydrogen-bond donors (Lipinski definition) is 4. The number of amides is 2. The minimum absolute atomic E-state index is 0.0545. The zero-order chi connectivity index (χ0) is 30.9. The molecule has 5 N–H and O–H groups in total. The van der Waals surface area contributed by atoms with Crippen molar-refractivity contribution in [2.45, 2.75) is 58.5 Å². The number of benzene rings is 2. The summed E-state index contributed by atoms with van der Waals surface area (Å²) in [5.41, 5.74) is 10.5. The maximum atomic E-state index is 12.8. The first-order valence-corrected chi connectivity index (χ1v) is 13.6. The second-order valence-electron chi connectivity index (χ2n) is 11.2. The molecule has 0 fully saturated rings. The maximum Gasteiger partial charge on any atom is 0.322 e. The van der Waals surface area contributed by atoms with E-state index in [1.54, 1.807) is 24.5 Å².